The maximum atomic E-state index is 12.3. The van der Waals surface area contributed by atoms with Crippen LogP contribution in [-0.4, -0.2) is 52.2 Å². The van der Waals surface area contributed by atoms with E-state index in [1.165, 1.54) is 24.0 Å². The molecule has 0 aliphatic carbocycles. The molecule has 3 rings (SSSR count). The number of aromatic nitrogens is 1. The van der Waals surface area contributed by atoms with Crippen molar-refractivity contribution in [3.8, 4) is 6.07 Å². The number of aliphatic hydroxyl groups is 2. The van der Waals surface area contributed by atoms with Gasteiger partial charge in [-0.1, -0.05) is 23.4 Å². The first kappa shape index (κ1) is 22.0. The van der Waals surface area contributed by atoms with Gasteiger partial charge >= 0.3 is 6.03 Å². The molecule has 3 amide bonds. The molecule has 3 atom stereocenters. The van der Waals surface area contributed by atoms with E-state index in [1.807, 2.05) is 6.07 Å². The van der Waals surface area contributed by atoms with Gasteiger partial charge in [-0.2, -0.15) is 5.26 Å². The number of imide groups is 1. The largest absolute Gasteiger partial charge is 0.394 e. The summed E-state index contributed by atoms with van der Waals surface area (Å²) in [6.07, 6.45) is -1.19. The highest BCUT2D eigenvalue weighted by atomic mass is 35.5. The van der Waals surface area contributed by atoms with E-state index in [0.29, 0.717) is 10.0 Å². The quantitative estimate of drug-likeness (QED) is 0.540. The zero-order chi connectivity index (χ0) is 21.7. The van der Waals surface area contributed by atoms with E-state index in [0.717, 1.165) is 4.90 Å². The third kappa shape index (κ3) is 5.47. The number of nitrogens with zero attached hydrogens (tertiary/aromatic N) is 2. The molecule has 1 aromatic heterocycles. The fraction of sp³-hybridized carbons (Fsp3) is 0.263. The van der Waals surface area contributed by atoms with Crippen LogP contribution in [0.3, 0.4) is 0 Å². The Morgan fingerprint density at radius 3 is 2.73 bits per heavy atom. The van der Waals surface area contributed by atoms with Gasteiger partial charge in [0, 0.05) is 22.5 Å². The van der Waals surface area contributed by atoms with Gasteiger partial charge in [0.2, 0.25) is 0 Å². The van der Waals surface area contributed by atoms with Crippen LogP contribution in [0.25, 0.3) is 0 Å². The molecule has 1 saturated heterocycles. The molecule has 0 radical (unpaired) electrons. The number of pyridine rings is 1. The topological polar surface area (TPSA) is 145 Å². The molecule has 9 nitrogen and oxygen atoms in total. The number of urea groups is 1. The predicted molar refractivity (Wildman–Crippen MR) is 107 cm³/mol. The number of ether oxygens (including phenoxy) is 1. The highest BCUT2D eigenvalue weighted by Gasteiger charge is 2.34. The molecule has 0 bridgehead atoms. The second-order valence-corrected chi connectivity index (χ2v) is 7.82. The van der Waals surface area contributed by atoms with Gasteiger partial charge in [-0.25, -0.2) is 9.78 Å². The minimum atomic E-state index is -0.913. The molecule has 0 spiro atoms. The van der Waals surface area contributed by atoms with Crippen LogP contribution >= 0.6 is 23.4 Å². The molecule has 2 heterocycles. The van der Waals surface area contributed by atoms with Gasteiger partial charge in [0.15, 0.2) is 0 Å². The smallest absolute Gasteiger partial charge is 0.323 e. The summed E-state index contributed by atoms with van der Waals surface area (Å²) in [5.74, 6) is -0.753. The van der Waals surface area contributed by atoms with Gasteiger partial charge in [0.1, 0.15) is 23.4 Å². The summed E-state index contributed by atoms with van der Waals surface area (Å²) >= 11 is 7.10. The summed E-state index contributed by atoms with van der Waals surface area (Å²) in [5, 5.41) is 33.6. The summed E-state index contributed by atoms with van der Waals surface area (Å²) in [6, 6.07) is 9.48. The molecular weight excluding hydrogens is 432 g/mol. The maximum absolute atomic E-state index is 12.3. The number of carbonyl (C=O) groups is 2. The molecule has 0 saturated carbocycles. The van der Waals surface area contributed by atoms with Crippen LogP contribution in [0.1, 0.15) is 22.3 Å². The van der Waals surface area contributed by atoms with E-state index in [-0.39, 0.29) is 24.2 Å². The minimum absolute atomic E-state index is 0.0303. The number of nitriles is 1. The lowest BCUT2D eigenvalue weighted by Crippen LogP contribution is -2.44. The Morgan fingerprint density at radius 2 is 2.10 bits per heavy atom. The molecule has 2 aromatic rings. The van der Waals surface area contributed by atoms with Crippen molar-refractivity contribution in [2.75, 3.05) is 6.61 Å². The number of aliphatic hydroxyl groups excluding tert-OH is 2. The Morgan fingerprint density at radius 1 is 1.37 bits per heavy atom. The van der Waals surface area contributed by atoms with E-state index in [1.54, 1.807) is 24.3 Å². The lowest BCUT2D eigenvalue weighted by atomic mass is 10.2. The number of nitrogens with one attached hydrogen (secondary N) is 2. The maximum Gasteiger partial charge on any atom is 0.323 e. The summed E-state index contributed by atoms with van der Waals surface area (Å²) in [7, 11) is 0. The van der Waals surface area contributed by atoms with Crippen molar-refractivity contribution in [3.63, 3.8) is 0 Å². The Bertz CT molecular complexity index is 982. The van der Waals surface area contributed by atoms with Crippen LogP contribution in [0.2, 0.25) is 5.02 Å². The fourth-order valence-corrected chi connectivity index (χ4v) is 3.64. The van der Waals surface area contributed by atoms with Crippen molar-refractivity contribution >= 4 is 35.3 Å². The van der Waals surface area contributed by atoms with Crippen LogP contribution in [0, 0.1) is 11.3 Å². The molecule has 4 N–H and O–H groups in total. The molecule has 1 aliphatic rings. The normalized spacial score (nSPS) is 20.4. The molecule has 1 aliphatic heterocycles. The van der Waals surface area contributed by atoms with Crippen molar-refractivity contribution in [1.82, 2.24) is 15.6 Å². The molecule has 11 heteroatoms. The monoisotopic (exact) mass is 448 g/mol. The number of rotatable bonds is 5. The van der Waals surface area contributed by atoms with Crippen LogP contribution < -0.4 is 10.6 Å². The van der Waals surface area contributed by atoms with Crippen molar-refractivity contribution in [1.29, 1.82) is 5.26 Å². The first-order chi connectivity index (χ1) is 14.4. The van der Waals surface area contributed by atoms with Gasteiger partial charge in [-0.3, -0.25) is 10.1 Å². The lowest BCUT2D eigenvalue weighted by molar-refractivity contribution is -0.0272. The predicted octanol–water partition coefficient (Wildman–Crippen LogP) is 1.67. The summed E-state index contributed by atoms with van der Waals surface area (Å²) in [6.45, 7) is -0.386. The first-order valence-corrected chi connectivity index (χ1v) is 9.99. The molecule has 156 valence electrons. The molecule has 1 fully saturated rings. The van der Waals surface area contributed by atoms with E-state index in [2.05, 4.69) is 15.6 Å². The average molecular weight is 449 g/mol. The Labute approximate surface area is 181 Å². The van der Waals surface area contributed by atoms with Gasteiger partial charge in [-0.15, -0.1) is 0 Å². The number of halogens is 1. The summed E-state index contributed by atoms with van der Waals surface area (Å²) in [4.78, 5) is 29.3. The van der Waals surface area contributed by atoms with E-state index in [9.17, 15) is 20.0 Å². The number of carbonyl (C=O) groups excluding carboxylic acids is 2. The first-order valence-electron chi connectivity index (χ1n) is 8.79. The van der Waals surface area contributed by atoms with Crippen molar-refractivity contribution in [2.24, 2.45) is 0 Å². The average Bonchev–Trinajstić information content (AvgIpc) is 3.08. The van der Waals surface area contributed by atoms with Gasteiger partial charge in [0.25, 0.3) is 5.91 Å². The second-order valence-electron chi connectivity index (χ2n) is 6.32. The number of hydrogen-bond acceptors (Lipinski definition) is 8. The van der Waals surface area contributed by atoms with Crippen molar-refractivity contribution in [2.45, 2.75) is 34.8 Å². The van der Waals surface area contributed by atoms with E-state index in [4.69, 9.17) is 21.4 Å². The van der Waals surface area contributed by atoms with Gasteiger partial charge < -0.3 is 20.3 Å². The zero-order valence-corrected chi connectivity index (χ0v) is 17.0. The molecule has 1 unspecified atom stereocenters. The fourth-order valence-electron chi connectivity index (χ4n) is 2.70. The highest BCUT2D eigenvalue weighted by molar-refractivity contribution is 7.99. The van der Waals surface area contributed by atoms with E-state index < -0.39 is 30.4 Å². The van der Waals surface area contributed by atoms with E-state index >= 15 is 0 Å². The Kier molecular flexibility index (Phi) is 7.25. The third-order valence-corrected chi connectivity index (χ3v) is 5.46. The van der Waals surface area contributed by atoms with Crippen molar-refractivity contribution in [3.05, 3.63) is 52.7 Å². The Balaban J connectivity index is 1.62. The number of hydrogen-bond donors (Lipinski definition) is 4. The standard InChI is InChI=1S/C19H17ClN4O5S/c20-12-1-3-13(4-2-12)30-18-10(7-21)5-11(8-22-18)17(27)24-19(28)23-16-6-14(26)15(9-25)29-16/h1-5,8,14-16,25-26H,6,9H2,(H2,23,24,27,28)/t14?,15-,16-/m1/s1. The molecular formula is C19H17ClN4O5S. The summed E-state index contributed by atoms with van der Waals surface area (Å²) in [5.41, 5.74) is 0.207. The minimum Gasteiger partial charge on any atom is -0.394 e. The Hall–Kier alpha value is -2.68. The SMILES string of the molecule is N#Cc1cc(C(=O)NC(=O)N[C@H]2CC(O)[C@@H](CO)O2)cnc1Sc1ccc(Cl)cc1. The highest BCUT2D eigenvalue weighted by Crippen LogP contribution is 2.29. The van der Waals surface area contributed by atoms with Crippen LogP contribution in [0.15, 0.2) is 46.5 Å². The summed E-state index contributed by atoms with van der Waals surface area (Å²) < 4.78 is 5.25. The second kappa shape index (κ2) is 9.88. The molecule has 30 heavy (non-hydrogen) atoms. The van der Waals surface area contributed by atoms with Gasteiger partial charge in [0.05, 0.1) is 23.8 Å². The van der Waals surface area contributed by atoms with Crippen LogP contribution in [0.4, 0.5) is 4.79 Å². The van der Waals surface area contributed by atoms with Crippen molar-refractivity contribution < 1.29 is 24.5 Å². The number of benzene rings is 1. The zero-order valence-electron chi connectivity index (χ0n) is 15.4. The van der Waals surface area contributed by atoms with Crippen LogP contribution in [0.5, 0.6) is 0 Å². The third-order valence-electron chi connectivity index (χ3n) is 4.18. The molecule has 1 aromatic carbocycles. The lowest BCUT2D eigenvalue weighted by Gasteiger charge is -2.14. The van der Waals surface area contributed by atoms with Gasteiger partial charge in [-0.05, 0) is 30.3 Å². The van der Waals surface area contributed by atoms with Crippen LogP contribution in [-0.2, 0) is 4.74 Å². The number of amides is 3.